The van der Waals surface area contributed by atoms with Gasteiger partial charge in [-0.15, -0.1) is 0 Å². The first-order chi connectivity index (χ1) is 11.9. The van der Waals surface area contributed by atoms with Crippen molar-refractivity contribution < 1.29 is 14.6 Å². The van der Waals surface area contributed by atoms with E-state index in [0.29, 0.717) is 28.7 Å². The quantitative estimate of drug-likeness (QED) is 0.632. The van der Waals surface area contributed by atoms with Gasteiger partial charge in [0.1, 0.15) is 0 Å². The van der Waals surface area contributed by atoms with Crippen molar-refractivity contribution in [3.8, 4) is 6.07 Å². The maximum absolute atomic E-state index is 13.3. The van der Waals surface area contributed by atoms with Gasteiger partial charge in [-0.1, -0.05) is 0 Å². The van der Waals surface area contributed by atoms with Crippen LogP contribution in [0.15, 0.2) is 42.5 Å². The van der Waals surface area contributed by atoms with Crippen molar-refractivity contribution in [2.75, 3.05) is 0 Å². The molecule has 0 saturated heterocycles. The van der Waals surface area contributed by atoms with Crippen LogP contribution >= 0.6 is 0 Å². The van der Waals surface area contributed by atoms with Crippen LogP contribution in [0.3, 0.4) is 0 Å². The van der Waals surface area contributed by atoms with Gasteiger partial charge in [0, 0.05) is 0 Å². The summed E-state index contributed by atoms with van der Waals surface area (Å²) >= 11 is -1.28. The first kappa shape index (κ1) is 19.9. The van der Waals surface area contributed by atoms with Crippen LogP contribution in [0.4, 0.5) is 4.39 Å². The number of nitriles is 1. The molecule has 2 N–H and O–H groups in total. The molecule has 0 heterocycles. The van der Waals surface area contributed by atoms with E-state index in [9.17, 15) is 14.6 Å². The Labute approximate surface area is 155 Å². The summed E-state index contributed by atoms with van der Waals surface area (Å²) in [4.78, 5) is 4.64. The Morgan fingerprint density at radius 1 is 1.16 bits per heavy atom. The molecule has 3 nitrogen and oxygen atoms in total. The van der Waals surface area contributed by atoms with Crippen molar-refractivity contribution in [3.05, 3.63) is 70.5 Å². The molecule has 2 rings (SSSR count). The summed E-state index contributed by atoms with van der Waals surface area (Å²) in [6.07, 6.45) is 1.38. The van der Waals surface area contributed by atoms with Crippen LogP contribution in [0.2, 0.25) is 14.3 Å². The molecular weight excluding hydrogens is 424 g/mol. The minimum absolute atomic E-state index is 0.267. The van der Waals surface area contributed by atoms with Crippen LogP contribution < -0.4 is 0 Å². The molecule has 0 saturated carbocycles. The summed E-state index contributed by atoms with van der Waals surface area (Å²) in [5.41, 5.74) is 0.839. The van der Waals surface area contributed by atoms with E-state index in [2.05, 4.69) is 15.9 Å². The molecular formula is C20H23FNO2Sn. The molecule has 0 bridgehead atoms. The fourth-order valence-corrected chi connectivity index (χ4v) is 5.58. The molecule has 131 valence electrons. The Morgan fingerprint density at radius 3 is 2.40 bits per heavy atom. The summed E-state index contributed by atoms with van der Waals surface area (Å²) in [5.74, 6) is -0.356. The number of hydrogen-bond donors (Lipinski definition) is 2. The van der Waals surface area contributed by atoms with Crippen LogP contribution in [-0.4, -0.2) is 30.0 Å². The van der Waals surface area contributed by atoms with Crippen LogP contribution in [0.5, 0.6) is 0 Å². The van der Waals surface area contributed by atoms with Gasteiger partial charge >= 0.3 is 156 Å². The molecule has 0 aliphatic heterocycles. The van der Waals surface area contributed by atoms with Crippen molar-refractivity contribution in [2.45, 2.75) is 39.4 Å². The molecule has 0 aromatic heterocycles. The van der Waals surface area contributed by atoms with Crippen molar-refractivity contribution in [2.24, 2.45) is 0 Å². The zero-order chi connectivity index (χ0) is 18.4. The SMILES string of the molecule is [CH3][Sn]([CH3])[CH2]CCC(O)(c1ccc(F)cc1)c1ccc(C#N)cc1CO. The summed E-state index contributed by atoms with van der Waals surface area (Å²) in [5, 5.41) is 30.3. The van der Waals surface area contributed by atoms with Gasteiger partial charge in [0.15, 0.2) is 0 Å². The second kappa shape index (κ2) is 8.79. The van der Waals surface area contributed by atoms with Crippen LogP contribution in [0.25, 0.3) is 0 Å². The van der Waals surface area contributed by atoms with E-state index in [-0.39, 0.29) is 12.4 Å². The Morgan fingerprint density at radius 2 is 1.84 bits per heavy atom. The topological polar surface area (TPSA) is 64.2 Å². The molecule has 0 aliphatic rings. The average Bonchev–Trinajstić information content (AvgIpc) is 2.61. The number of halogens is 1. The van der Waals surface area contributed by atoms with Crippen molar-refractivity contribution in [1.82, 2.24) is 0 Å². The zero-order valence-corrected chi connectivity index (χ0v) is 17.4. The molecule has 25 heavy (non-hydrogen) atoms. The number of nitrogens with zero attached hydrogens (tertiary/aromatic N) is 1. The third-order valence-electron chi connectivity index (χ3n) is 4.39. The zero-order valence-electron chi connectivity index (χ0n) is 14.6. The fraction of sp³-hybridized carbons (Fsp3) is 0.350. The number of benzene rings is 2. The third kappa shape index (κ3) is 4.81. The Hall–Kier alpha value is -1.42. The third-order valence-corrected chi connectivity index (χ3v) is 8.25. The Balaban J connectivity index is 2.51. The Bertz CT molecular complexity index is 755. The molecule has 0 spiro atoms. The van der Waals surface area contributed by atoms with Gasteiger partial charge in [-0.05, 0) is 0 Å². The number of aliphatic hydroxyl groups is 2. The van der Waals surface area contributed by atoms with E-state index < -0.39 is 25.4 Å². The predicted molar refractivity (Wildman–Crippen MR) is 98.0 cm³/mol. The number of aliphatic hydroxyl groups excluding tert-OH is 1. The fourth-order valence-electron chi connectivity index (χ4n) is 3.06. The second-order valence-electron chi connectivity index (χ2n) is 6.57. The molecule has 0 aliphatic carbocycles. The van der Waals surface area contributed by atoms with Gasteiger partial charge in [0.2, 0.25) is 0 Å². The summed E-state index contributed by atoms with van der Waals surface area (Å²) in [7, 11) is 0. The number of rotatable bonds is 7. The molecule has 1 unspecified atom stereocenters. The van der Waals surface area contributed by atoms with E-state index >= 15 is 0 Å². The summed E-state index contributed by atoms with van der Waals surface area (Å²) in [6.45, 7) is -0.267. The first-order valence-corrected chi connectivity index (χ1v) is 16.0. The van der Waals surface area contributed by atoms with Gasteiger partial charge in [-0.3, -0.25) is 0 Å². The van der Waals surface area contributed by atoms with Crippen LogP contribution in [0.1, 0.15) is 35.1 Å². The van der Waals surface area contributed by atoms with E-state index in [0.717, 1.165) is 10.9 Å². The van der Waals surface area contributed by atoms with Gasteiger partial charge in [0.25, 0.3) is 0 Å². The molecule has 2 aromatic rings. The van der Waals surface area contributed by atoms with Crippen molar-refractivity contribution >= 4 is 19.8 Å². The molecule has 1 atom stereocenters. The van der Waals surface area contributed by atoms with Crippen molar-refractivity contribution in [3.63, 3.8) is 0 Å². The van der Waals surface area contributed by atoms with E-state index in [1.54, 1.807) is 30.3 Å². The van der Waals surface area contributed by atoms with E-state index in [1.165, 1.54) is 12.1 Å². The first-order valence-electron chi connectivity index (χ1n) is 8.32. The monoisotopic (exact) mass is 448 g/mol. The molecule has 5 heteroatoms. The molecule has 0 fully saturated rings. The van der Waals surface area contributed by atoms with Crippen LogP contribution in [0, 0.1) is 17.1 Å². The maximum atomic E-state index is 13.3. The Kier molecular flexibility index (Phi) is 7.00. The normalized spacial score (nSPS) is 13.5. The average molecular weight is 447 g/mol. The molecule has 1 radical (unpaired) electrons. The van der Waals surface area contributed by atoms with Crippen LogP contribution in [-0.2, 0) is 12.2 Å². The number of hydrogen-bond acceptors (Lipinski definition) is 3. The van der Waals surface area contributed by atoms with Gasteiger partial charge in [-0.25, -0.2) is 0 Å². The van der Waals surface area contributed by atoms with E-state index in [1.807, 2.05) is 0 Å². The van der Waals surface area contributed by atoms with Crippen molar-refractivity contribution in [1.29, 1.82) is 5.26 Å². The summed E-state index contributed by atoms with van der Waals surface area (Å²) in [6, 6.07) is 12.8. The minimum atomic E-state index is -1.31. The van der Waals surface area contributed by atoms with E-state index in [4.69, 9.17) is 5.26 Å². The standard InChI is InChI=1S/C18H17FNO2.2CH3.Sn/c1-2-9-18(22,15-4-6-16(19)7-5-15)17-8-3-13(11-20)10-14(17)12-21;;;/h3-8,10,21-22H,1-2,9,12H2;2*1H3;. The van der Waals surface area contributed by atoms with Gasteiger partial charge in [0.05, 0.1) is 0 Å². The predicted octanol–water partition coefficient (Wildman–Crippen LogP) is 3.96. The van der Waals surface area contributed by atoms with Gasteiger partial charge < -0.3 is 0 Å². The summed E-state index contributed by atoms with van der Waals surface area (Å²) < 4.78 is 14.5. The molecule has 2 aromatic carbocycles. The van der Waals surface area contributed by atoms with Gasteiger partial charge in [-0.2, -0.15) is 0 Å². The second-order valence-corrected chi connectivity index (χ2v) is 14.9. The molecule has 0 amide bonds.